The predicted octanol–water partition coefficient (Wildman–Crippen LogP) is 1.89. The molecule has 2 amide bonds. The van der Waals surface area contributed by atoms with Crippen molar-refractivity contribution in [3.05, 3.63) is 30.3 Å². The van der Waals surface area contributed by atoms with Crippen LogP contribution in [0.5, 0.6) is 0 Å². The quantitative estimate of drug-likeness (QED) is 0.679. The number of rotatable bonds is 7. The first kappa shape index (κ1) is 19.5. The number of nitrogens with zero attached hydrogens (tertiary/aromatic N) is 2. The Labute approximate surface area is 160 Å². The molecule has 1 atom stereocenters. The van der Waals surface area contributed by atoms with Crippen LogP contribution in [-0.4, -0.2) is 66.3 Å². The van der Waals surface area contributed by atoms with E-state index in [1.54, 1.807) is 0 Å². The number of hydrogen-bond acceptors (Lipinski definition) is 4. The zero-order chi connectivity index (χ0) is 19.2. The number of urea groups is 1. The maximum Gasteiger partial charge on any atom is 0.317 e. The monoisotopic (exact) mass is 374 g/mol. The Hall–Kier alpha value is -2.28. The first-order chi connectivity index (χ1) is 13.0. The van der Waals surface area contributed by atoms with Gasteiger partial charge in [0.25, 0.3) is 0 Å². The summed E-state index contributed by atoms with van der Waals surface area (Å²) in [5.41, 5.74) is 1.20. The SMILES string of the molecule is CCN(CC(=O)O)C1CC(NC(=O)NC2CCCN(c3ccccc3)C2)C1. The molecule has 148 valence electrons. The average molecular weight is 374 g/mol. The van der Waals surface area contributed by atoms with Gasteiger partial charge in [0.15, 0.2) is 0 Å². The number of piperidine rings is 1. The summed E-state index contributed by atoms with van der Waals surface area (Å²) in [6.07, 6.45) is 3.68. The molecule has 7 heteroatoms. The van der Waals surface area contributed by atoms with Gasteiger partial charge in [0.1, 0.15) is 0 Å². The van der Waals surface area contributed by atoms with Crippen LogP contribution in [0.15, 0.2) is 30.3 Å². The van der Waals surface area contributed by atoms with E-state index in [1.165, 1.54) is 5.69 Å². The molecule has 1 saturated carbocycles. The van der Waals surface area contributed by atoms with Crippen LogP contribution < -0.4 is 15.5 Å². The van der Waals surface area contributed by atoms with E-state index in [-0.39, 0.29) is 30.7 Å². The van der Waals surface area contributed by atoms with Crippen LogP contribution in [0, 0.1) is 0 Å². The second-order valence-corrected chi connectivity index (χ2v) is 7.52. The molecule has 1 aromatic rings. The molecule has 0 radical (unpaired) electrons. The first-order valence-electron chi connectivity index (χ1n) is 9.88. The first-order valence-corrected chi connectivity index (χ1v) is 9.88. The summed E-state index contributed by atoms with van der Waals surface area (Å²) in [6.45, 7) is 4.60. The third kappa shape index (κ3) is 5.35. The largest absolute Gasteiger partial charge is 0.480 e. The van der Waals surface area contributed by atoms with Gasteiger partial charge in [-0.1, -0.05) is 25.1 Å². The number of carbonyl (C=O) groups excluding carboxylic acids is 1. The van der Waals surface area contributed by atoms with E-state index < -0.39 is 5.97 Å². The molecular formula is C20H30N4O3. The lowest BCUT2D eigenvalue weighted by atomic mass is 9.85. The predicted molar refractivity (Wildman–Crippen MR) is 105 cm³/mol. The van der Waals surface area contributed by atoms with Crippen molar-refractivity contribution < 1.29 is 14.7 Å². The Kier molecular flexibility index (Phi) is 6.55. The normalized spacial score (nSPS) is 25.0. The van der Waals surface area contributed by atoms with Gasteiger partial charge < -0.3 is 20.6 Å². The van der Waals surface area contributed by atoms with Crippen molar-refractivity contribution in [1.29, 1.82) is 0 Å². The molecule has 2 fully saturated rings. The molecule has 27 heavy (non-hydrogen) atoms. The van der Waals surface area contributed by atoms with Crippen molar-refractivity contribution in [3.8, 4) is 0 Å². The van der Waals surface area contributed by atoms with E-state index in [1.807, 2.05) is 30.0 Å². The summed E-state index contributed by atoms with van der Waals surface area (Å²) < 4.78 is 0. The van der Waals surface area contributed by atoms with Crippen molar-refractivity contribution in [3.63, 3.8) is 0 Å². The van der Waals surface area contributed by atoms with Gasteiger partial charge in [0.2, 0.25) is 0 Å². The fraction of sp³-hybridized carbons (Fsp3) is 0.600. The van der Waals surface area contributed by atoms with E-state index >= 15 is 0 Å². The molecular weight excluding hydrogens is 344 g/mol. The molecule has 2 aliphatic rings. The van der Waals surface area contributed by atoms with Crippen LogP contribution in [0.1, 0.15) is 32.6 Å². The zero-order valence-electron chi connectivity index (χ0n) is 15.9. The fourth-order valence-electron chi connectivity index (χ4n) is 4.06. The summed E-state index contributed by atoms with van der Waals surface area (Å²) >= 11 is 0. The lowest BCUT2D eigenvalue weighted by molar-refractivity contribution is -0.139. The van der Waals surface area contributed by atoms with Gasteiger partial charge in [0.05, 0.1) is 6.54 Å². The van der Waals surface area contributed by atoms with Crippen molar-refractivity contribution in [2.24, 2.45) is 0 Å². The Morgan fingerprint density at radius 3 is 2.56 bits per heavy atom. The number of benzene rings is 1. The van der Waals surface area contributed by atoms with E-state index in [2.05, 4.69) is 27.7 Å². The molecule has 1 aliphatic carbocycles. The summed E-state index contributed by atoms with van der Waals surface area (Å²) in [4.78, 5) is 27.5. The van der Waals surface area contributed by atoms with Crippen LogP contribution in [-0.2, 0) is 4.79 Å². The standard InChI is InChI=1S/C20H30N4O3/c1-2-23(14-19(25)26)18-11-16(12-18)22-20(27)21-15-7-6-10-24(13-15)17-8-4-3-5-9-17/h3-5,8-9,15-16,18H,2,6-7,10-14H2,1H3,(H,25,26)(H2,21,22,27). The Morgan fingerprint density at radius 2 is 1.89 bits per heavy atom. The number of carboxylic acids is 1. The number of nitrogens with one attached hydrogen (secondary N) is 2. The maximum atomic E-state index is 12.3. The summed E-state index contributed by atoms with van der Waals surface area (Å²) in [5, 5.41) is 15.1. The van der Waals surface area contributed by atoms with E-state index in [0.717, 1.165) is 38.8 Å². The Bertz CT molecular complexity index is 633. The smallest absolute Gasteiger partial charge is 0.317 e. The number of aliphatic carboxylic acids is 1. The molecule has 3 rings (SSSR count). The van der Waals surface area contributed by atoms with Crippen molar-refractivity contribution >= 4 is 17.7 Å². The van der Waals surface area contributed by atoms with Crippen LogP contribution in [0.2, 0.25) is 0 Å². The van der Waals surface area contributed by atoms with Crippen LogP contribution >= 0.6 is 0 Å². The van der Waals surface area contributed by atoms with E-state index in [9.17, 15) is 9.59 Å². The van der Waals surface area contributed by atoms with Crippen LogP contribution in [0.3, 0.4) is 0 Å². The topological polar surface area (TPSA) is 84.9 Å². The highest BCUT2D eigenvalue weighted by molar-refractivity contribution is 5.75. The van der Waals surface area contributed by atoms with Gasteiger partial charge in [-0.2, -0.15) is 0 Å². The minimum absolute atomic E-state index is 0.0669. The van der Waals surface area contributed by atoms with Gasteiger partial charge in [-0.05, 0) is 44.4 Å². The lowest BCUT2D eigenvalue weighted by Gasteiger charge is -2.42. The third-order valence-corrected chi connectivity index (χ3v) is 5.59. The average Bonchev–Trinajstić information content (AvgIpc) is 2.63. The highest BCUT2D eigenvalue weighted by atomic mass is 16.4. The van der Waals surface area contributed by atoms with Gasteiger partial charge in [-0.3, -0.25) is 9.69 Å². The van der Waals surface area contributed by atoms with Gasteiger partial charge in [-0.15, -0.1) is 0 Å². The zero-order valence-corrected chi connectivity index (χ0v) is 15.9. The minimum Gasteiger partial charge on any atom is -0.480 e. The van der Waals surface area contributed by atoms with Gasteiger partial charge in [0, 0.05) is 36.9 Å². The molecule has 1 aliphatic heterocycles. The number of likely N-dealkylation sites (N-methyl/N-ethyl adjacent to an activating group) is 1. The molecule has 0 spiro atoms. The number of carbonyl (C=O) groups is 2. The number of anilines is 1. The molecule has 0 aromatic heterocycles. The van der Waals surface area contributed by atoms with Crippen LogP contribution in [0.25, 0.3) is 0 Å². The third-order valence-electron chi connectivity index (χ3n) is 5.59. The molecule has 1 saturated heterocycles. The second kappa shape index (κ2) is 9.08. The fourth-order valence-corrected chi connectivity index (χ4v) is 4.06. The Balaban J connectivity index is 1.40. The molecule has 1 unspecified atom stereocenters. The highest BCUT2D eigenvalue weighted by Crippen LogP contribution is 2.25. The van der Waals surface area contributed by atoms with Gasteiger partial charge >= 0.3 is 12.0 Å². The summed E-state index contributed by atoms with van der Waals surface area (Å²) in [7, 11) is 0. The molecule has 1 aromatic carbocycles. The van der Waals surface area contributed by atoms with E-state index in [4.69, 9.17) is 5.11 Å². The molecule has 0 bridgehead atoms. The maximum absolute atomic E-state index is 12.3. The number of para-hydroxylation sites is 1. The van der Waals surface area contributed by atoms with Crippen molar-refractivity contribution in [2.75, 3.05) is 31.1 Å². The Morgan fingerprint density at radius 1 is 1.19 bits per heavy atom. The molecule has 3 N–H and O–H groups in total. The summed E-state index contributed by atoms with van der Waals surface area (Å²) in [5.74, 6) is -0.800. The van der Waals surface area contributed by atoms with Crippen molar-refractivity contribution in [1.82, 2.24) is 15.5 Å². The second-order valence-electron chi connectivity index (χ2n) is 7.52. The number of hydrogen-bond donors (Lipinski definition) is 3. The highest BCUT2D eigenvalue weighted by Gasteiger charge is 2.35. The van der Waals surface area contributed by atoms with Crippen molar-refractivity contribution in [2.45, 2.75) is 50.7 Å². The van der Waals surface area contributed by atoms with E-state index in [0.29, 0.717) is 6.54 Å². The number of carboxylic acid groups (broad SMARTS) is 1. The lowest BCUT2D eigenvalue weighted by Crippen LogP contribution is -2.58. The summed E-state index contributed by atoms with van der Waals surface area (Å²) in [6, 6.07) is 10.7. The van der Waals surface area contributed by atoms with Crippen LogP contribution in [0.4, 0.5) is 10.5 Å². The molecule has 1 heterocycles. The van der Waals surface area contributed by atoms with Gasteiger partial charge in [-0.25, -0.2) is 4.79 Å². The minimum atomic E-state index is -0.800. The number of amides is 2. The molecule has 7 nitrogen and oxygen atoms in total.